The molecule has 0 spiro atoms. The highest BCUT2D eigenvalue weighted by molar-refractivity contribution is 5.83. The summed E-state index contributed by atoms with van der Waals surface area (Å²) in [5.74, 6) is 1.45. The molecule has 2 heterocycles. The number of hydrogen-bond donors (Lipinski definition) is 1. The summed E-state index contributed by atoms with van der Waals surface area (Å²) in [5, 5.41) is 9.15. The third kappa shape index (κ3) is 2.38. The van der Waals surface area contributed by atoms with Crippen molar-refractivity contribution in [3.05, 3.63) is 53.4 Å². The predicted molar refractivity (Wildman–Crippen MR) is 78.9 cm³/mol. The first-order valence-corrected chi connectivity index (χ1v) is 6.32. The summed E-state index contributed by atoms with van der Waals surface area (Å²) >= 11 is 0. The Morgan fingerprint density at radius 2 is 2.00 bits per heavy atom. The molecule has 5 heteroatoms. The normalized spacial score (nSPS) is 11.3. The zero-order valence-electron chi connectivity index (χ0n) is 11.3. The Kier molecular flexibility index (Phi) is 3.16. The lowest BCUT2D eigenvalue weighted by Crippen LogP contribution is -1.94. The van der Waals surface area contributed by atoms with Gasteiger partial charge in [0, 0.05) is 5.39 Å². The van der Waals surface area contributed by atoms with Crippen molar-refractivity contribution in [2.45, 2.75) is 13.8 Å². The lowest BCUT2D eigenvalue weighted by molar-refractivity contribution is 0.393. The predicted octanol–water partition coefficient (Wildman–Crippen LogP) is 3.29. The molecule has 0 aliphatic carbocycles. The van der Waals surface area contributed by atoms with Crippen molar-refractivity contribution >= 4 is 22.9 Å². The van der Waals surface area contributed by atoms with Gasteiger partial charge in [-0.25, -0.2) is 4.98 Å². The highest BCUT2D eigenvalue weighted by Gasteiger charge is 2.05. The summed E-state index contributed by atoms with van der Waals surface area (Å²) in [7, 11) is 0. The second-order valence-electron chi connectivity index (χ2n) is 4.50. The summed E-state index contributed by atoms with van der Waals surface area (Å²) in [4.78, 5) is 4.47. The fourth-order valence-corrected chi connectivity index (χ4v) is 1.97. The first kappa shape index (κ1) is 12.3. The van der Waals surface area contributed by atoms with Crippen molar-refractivity contribution in [2.24, 2.45) is 5.10 Å². The lowest BCUT2D eigenvalue weighted by Gasteiger charge is -2.01. The molecule has 0 saturated carbocycles. The monoisotopic (exact) mass is 266 g/mol. The highest BCUT2D eigenvalue weighted by atomic mass is 16.5. The smallest absolute Gasteiger partial charge is 0.146 e. The Bertz CT molecular complexity index is 757. The number of anilines is 1. The van der Waals surface area contributed by atoms with Crippen molar-refractivity contribution in [3.63, 3.8) is 0 Å². The number of rotatable bonds is 3. The highest BCUT2D eigenvalue weighted by Crippen LogP contribution is 2.14. The van der Waals surface area contributed by atoms with Crippen molar-refractivity contribution in [2.75, 3.05) is 5.43 Å². The SMILES string of the molecule is Cc1noc(C)c1C=NNc1ccc2ccccc2n1. The standard InChI is InChI=1S/C15H14N4O/c1-10-13(11(2)20-19-10)9-16-18-15-8-7-12-5-3-4-6-14(12)17-15/h3-9H,1-2H3,(H,17,18). The molecule has 100 valence electrons. The lowest BCUT2D eigenvalue weighted by atomic mass is 10.2. The zero-order chi connectivity index (χ0) is 13.9. The van der Waals surface area contributed by atoms with Gasteiger partial charge in [0.1, 0.15) is 11.6 Å². The largest absolute Gasteiger partial charge is 0.361 e. The van der Waals surface area contributed by atoms with Crippen LogP contribution in [0.2, 0.25) is 0 Å². The van der Waals surface area contributed by atoms with Gasteiger partial charge in [-0.15, -0.1) is 0 Å². The Balaban J connectivity index is 1.80. The molecule has 5 nitrogen and oxygen atoms in total. The topological polar surface area (TPSA) is 63.3 Å². The third-order valence-corrected chi connectivity index (χ3v) is 3.06. The number of nitrogens with zero attached hydrogens (tertiary/aromatic N) is 3. The van der Waals surface area contributed by atoms with E-state index in [9.17, 15) is 0 Å². The second kappa shape index (κ2) is 5.13. The molecule has 20 heavy (non-hydrogen) atoms. The van der Waals surface area contributed by atoms with Crippen LogP contribution in [0.4, 0.5) is 5.82 Å². The van der Waals surface area contributed by atoms with Crippen LogP contribution in [0.15, 0.2) is 46.0 Å². The molecule has 0 saturated heterocycles. The first-order chi connectivity index (χ1) is 9.74. The third-order valence-electron chi connectivity index (χ3n) is 3.06. The van der Waals surface area contributed by atoms with E-state index >= 15 is 0 Å². The fraction of sp³-hybridized carbons (Fsp3) is 0.133. The van der Waals surface area contributed by atoms with Crippen molar-refractivity contribution in [1.29, 1.82) is 0 Å². The Morgan fingerprint density at radius 3 is 2.80 bits per heavy atom. The van der Waals surface area contributed by atoms with Gasteiger partial charge in [-0.1, -0.05) is 23.4 Å². The number of nitrogens with one attached hydrogen (secondary N) is 1. The van der Waals surface area contributed by atoms with Crippen molar-refractivity contribution in [1.82, 2.24) is 10.1 Å². The van der Waals surface area contributed by atoms with Gasteiger partial charge in [0.15, 0.2) is 0 Å². The van der Waals surface area contributed by atoms with Crippen molar-refractivity contribution < 1.29 is 4.52 Å². The number of fused-ring (bicyclic) bond motifs is 1. The van der Waals surface area contributed by atoms with E-state index in [4.69, 9.17) is 4.52 Å². The van der Waals surface area contributed by atoms with Crippen LogP contribution in [-0.4, -0.2) is 16.4 Å². The molecule has 0 fully saturated rings. The molecular weight excluding hydrogens is 252 g/mol. The number of pyridine rings is 1. The Morgan fingerprint density at radius 1 is 1.15 bits per heavy atom. The van der Waals surface area contributed by atoms with Gasteiger partial charge in [0.2, 0.25) is 0 Å². The van der Waals surface area contributed by atoms with E-state index in [1.54, 1.807) is 6.21 Å². The molecule has 0 bridgehead atoms. The van der Waals surface area contributed by atoms with E-state index in [0.29, 0.717) is 5.82 Å². The average molecular weight is 266 g/mol. The van der Waals surface area contributed by atoms with Gasteiger partial charge >= 0.3 is 0 Å². The quantitative estimate of drug-likeness (QED) is 0.583. The Labute approximate surface area is 116 Å². The molecule has 1 aromatic carbocycles. The number of aryl methyl sites for hydroxylation is 2. The maximum Gasteiger partial charge on any atom is 0.146 e. The number of benzene rings is 1. The number of aromatic nitrogens is 2. The van der Waals surface area contributed by atoms with E-state index in [0.717, 1.165) is 27.9 Å². The minimum absolute atomic E-state index is 0.701. The van der Waals surface area contributed by atoms with Crippen LogP contribution in [0.25, 0.3) is 10.9 Å². The van der Waals surface area contributed by atoms with Gasteiger partial charge in [-0.2, -0.15) is 5.10 Å². The molecule has 3 rings (SSSR count). The summed E-state index contributed by atoms with van der Waals surface area (Å²) in [6, 6.07) is 11.9. The van der Waals surface area contributed by atoms with Crippen LogP contribution in [-0.2, 0) is 0 Å². The minimum Gasteiger partial charge on any atom is -0.361 e. The van der Waals surface area contributed by atoms with Gasteiger partial charge in [0.25, 0.3) is 0 Å². The molecule has 1 N–H and O–H groups in total. The molecule has 0 radical (unpaired) electrons. The summed E-state index contributed by atoms with van der Waals surface area (Å²) in [6.45, 7) is 3.74. The molecule has 0 atom stereocenters. The molecular formula is C15H14N4O. The van der Waals surface area contributed by atoms with E-state index < -0.39 is 0 Å². The Hall–Kier alpha value is -2.69. The minimum atomic E-state index is 0.701. The van der Waals surface area contributed by atoms with Crippen LogP contribution >= 0.6 is 0 Å². The zero-order valence-corrected chi connectivity index (χ0v) is 11.3. The number of hydrazone groups is 1. The van der Waals surface area contributed by atoms with Gasteiger partial charge < -0.3 is 4.52 Å². The molecule has 0 unspecified atom stereocenters. The number of hydrogen-bond acceptors (Lipinski definition) is 5. The van der Waals surface area contributed by atoms with Crippen LogP contribution in [0.5, 0.6) is 0 Å². The van der Waals surface area contributed by atoms with Crippen LogP contribution < -0.4 is 5.43 Å². The van der Waals surface area contributed by atoms with E-state index in [-0.39, 0.29) is 0 Å². The fourth-order valence-electron chi connectivity index (χ4n) is 1.97. The van der Waals surface area contributed by atoms with E-state index in [1.807, 2.05) is 50.2 Å². The maximum atomic E-state index is 5.07. The van der Waals surface area contributed by atoms with Gasteiger partial charge in [-0.05, 0) is 32.0 Å². The number of para-hydroxylation sites is 1. The molecule has 0 aliphatic rings. The van der Waals surface area contributed by atoms with Crippen LogP contribution in [0.3, 0.4) is 0 Å². The summed E-state index contributed by atoms with van der Waals surface area (Å²) in [6.07, 6.45) is 1.69. The van der Waals surface area contributed by atoms with Crippen LogP contribution in [0, 0.1) is 13.8 Å². The molecule has 2 aromatic heterocycles. The molecule has 0 aliphatic heterocycles. The summed E-state index contributed by atoms with van der Waals surface area (Å²) in [5.41, 5.74) is 5.56. The average Bonchev–Trinajstić information content (AvgIpc) is 2.79. The summed E-state index contributed by atoms with van der Waals surface area (Å²) < 4.78 is 5.07. The second-order valence-corrected chi connectivity index (χ2v) is 4.50. The first-order valence-electron chi connectivity index (χ1n) is 6.32. The van der Waals surface area contributed by atoms with Gasteiger partial charge in [0.05, 0.1) is 23.0 Å². The van der Waals surface area contributed by atoms with E-state index in [1.165, 1.54) is 0 Å². The van der Waals surface area contributed by atoms with Gasteiger partial charge in [-0.3, -0.25) is 5.43 Å². The van der Waals surface area contributed by atoms with Crippen molar-refractivity contribution in [3.8, 4) is 0 Å². The molecule has 0 amide bonds. The molecule has 3 aromatic rings. The van der Waals surface area contributed by atoms with E-state index in [2.05, 4.69) is 20.7 Å². The van der Waals surface area contributed by atoms with Crippen LogP contribution in [0.1, 0.15) is 17.0 Å². The maximum absolute atomic E-state index is 5.07.